The van der Waals surface area contributed by atoms with Crippen LogP contribution in [0.5, 0.6) is 0 Å². The molecule has 0 fully saturated rings. The highest BCUT2D eigenvalue weighted by atomic mass is 35.5. The number of nitrogens with zero attached hydrogens (tertiary/aromatic N) is 1. The van der Waals surface area contributed by atoms with Crippen LogP contribution >= 0.6 is 23.1 Å². The molecule has 0 aliphatic carbocycles. The van der Waals surface area contributed by atoms with E-state index in [-0.39, 0.29) is 0 Å². The fourth-order valence-electron chi connectivity index (χ4n) is 1.04. The van der Waals surface area contributed by atoms with E-state index in [1.54, 1.807) is 0 Å². The molecule has 0 spiro atoms. The molecule has 0 radical (unpaired) electrons. The molecule has 0 saturated carbocycles. The minimum Gasteiger partial charge on any atom is -0.192 e. The maximum Gasteiger partial charge on any atom is 0.0844 e. The number of benzene rings is 1. The van der Waals surface area contributed by atoms with Gasteiger partial charge in [0.1, 0.15) is 0 Å². The first kappa shape index (κ1) is 7.07. The number of halogens is 1. The van der Waals surface area contributed by atoms with Gasteiger partial charge in [-0.25, -0.2) is 0 Å². The van der Waals surface area contributed by atoms with E-state index in [2.05, 4.69) is 10.4 Å². The van der Waals surface area contributed by atoms with E-state index >= 15 is 0 Å². The zero-order chi connectivity index (χ0) is 7.68. The second-order valence-corrected chi connectivity index (χ2v) is 3.38. The van der Waals surface area contributed by atoms with E-state index < -0.39 is 0 Å². The highest BCUT2D eigenvalue weighted by Gasteiger charge is 2.01. The molecule has 1 aromatic heterocycles. The number of hydrogen-bond acceptors (Lipinski definition) is 2. The van der Waals surface area contributed by atoms with Crippen molar-refractivity contribution in [2.75, 3.05) is 0 Å². The molecule has 0 N–H and O–H groups in total. The van der Waals surface area contributed by atoms with Gasteiger partial charge in [0.25, 0.3) is 0 Å². The Morgan fingerprint density at radius 1 is 1.36 bits per heavy atom. The van der Waals surface area contributed by atoms with Crippen LogP contribution in [-0.4, -0.2) is 4.37 Å². The summed E-state index contributed by atoms with van der Waals surface area (Å²) in [5.41, 5.74) is 1.05. The molecule has 1 nitrogen and oxygen atoms in total. The average molecular weight is 184 g/mol. The SMILES string of the molecule is ClCc1snc2ccccc12. The Morgan fingerprint density at radius 2 is 2.18 bits per heavy atom. The van der Waals surface area contributed by atoms with E-state index in [1.165, 1.54) is 16.9 Å². The third kappa shape index (κ3) is 1.12. The molecule has 0 amide bonds. The summed E-state index contributed by atoms with van der Waals surface area (Å²) in [7, 11) is 0. The van der Waals surface area contributed by atoms with Crippen LogP contribution in [0, 0.1) is 0 Å². The average Bonchev–Trinajstić information content (AvgIpc) is 2.47. The van der Waals surface area contributed by atoms with Gasteiger partial charge in [-0.2, -0.15) is 4.37 Å². The Morgan fingerprint density at radius 3 is 3.00 bits per heavy atom. The zero-order valence-corrected chi connectivity index (χ0v) is 7.32. The van der Waals surface area contributed by atoms with Crippen molar-refractivity contribution in [2.45, 2.75) is 5.88 Å². The Hall–Kier alpha value is -0.600. The van der Waals surface area contributed by atoms with E-state index in [0.717, 1.165) is 10.4 Å². The first-order valence-corrected chi connectivity index (χ1v) is 4.62. The lowest BCUT2D eigenvalue weighted by molar-refractivity contribution is 1.57. The minimum atomic E-state index is 0.561. The highest BCUT2D eigenvalue weighted by molar-refractivity contribution is 7.07. The van der Waals surface area contributed by atoms with Crippen LogP contribution in [0.1, 0.15) is 4.88 Å². The fourth-order valence-corrected chi connectivity index (χ4v) is 2.02. The Balaban J connectivity index is 2.76. The number of hydrogen-bond donors (Lipinski definition) is 0. The van der Waals surface area contributed by atoms with Crippen molar-refractivity contribution >= 4 is 34.0 Å². The quantitative estimate of drug-likeness (QED) is 0.620. The van der Waals surface area contributed by atoms with E-state index in [4.69, 9.17) is 11.6 Å². The lowest BCUT2D eigenvalue weighted by atomic mass is 10.2. The maximum absolute atomic E-state index is 5.72. The summed E-state index contributed by atoms with van der Waals surface area (Å²) in [6.45, 7) is 0. The normalized spacial score (nSPS) is 10.6. The van der Waals surface area contributed by atoms with E-state index in [9.17, 15) is 0 Å². The van der Waals surface area contributed by atoms with Gasteiger partial charge in [-0.05, 0) is 17.6 Å². The van der Waals surface area contributed by atoms with Crippen LogP contribution in [0.3, 0.4) is 0 Å². The Labute approximate surface area is 73.8 Å². The number of rotatable bonds is 1. The van der Waals surface area contributed by atoms with Crippen LogP contribution in [0.25, 0.3) is 10.9 Å². The Kier molecular flexibility index (Phi) is 1.80. The predicted octanol–water partition coefficient (Wildman–Crippen LogP) is 3.04. The second-order valence-electron chi connectivity index (χ2n) is 2.26. The van der Waals surface area contributed by atoms with Crippen LogP contribution in [0.4, 0.5) is 0 Å². The topological polar surface area (TPSA) is 12.9 Å². The molecule has 11 heavy (non-hydrogen) atoms. The number of aromatic nitrogens is 1. The van der Waals surface area contributed by atoms with Gasteiger partial charge in [0.2, 0.25) is 0 Å². The number of fused-ring (bicyclic) bond motifs is 1. The smallest absolute Gasteiger partial charge is 0.0844 e. The molecule has 1 aromatic carbocycles. The van der Waals surface area contributed by atoms with Crippen molar-refractivity contribution in [2.24, 2.45) is 0 Å². The summed E-state index contributed by atoms with van der Waals surface area (Å²) in [5.74, 6) is 0.561. The van der Waals surface area contributed by atoms with Crippen LogP contribution in [-0.2, 0) is 5.88 Å². The van der Waals surface area contributed by atoms with Gasteiger partial charge in [-0.3, -0.25) is 0 Å². The minimum absolute atomic E-state index is 0.561. The molecule has 0 aliphatic rings. The largest absolute Gasteiger partial charge is 0.192 e. The first-order chi connectivity index (χ1) is 5.42. The molecule has 3 heteroatoms. The maximum atomic E-state index is 5.72. The van der Waals surface area contributed by atoms with Gasteiger partial charge in [0, 0.05) is 10.3 Å². The van der Waals surface area contributed by atoms with Crippen molar-refractivity contribution < 1.29 is 0 Å². The first-order valence-electron chi connectivity index (χ1n) is 3.31. The van der Waals surface area contributed by atoms with Crippen LogP contribution in [0.2, 0.25) is 0 Å². The van der Waals surface area contributed by atoms with Gasteiger partial charge >= 0.3 is 0 Å². The molecule has 2 rings (SSSR count). The molecule has 1 heterocycles. The lowest BCUT2D eigenvalue weighted by Crippen LogP contribution is -1.69. The predicted molar refractivity (Wildman–Crippen MR) is 49.2 cm³/mol. The van der Waals surface area contributed by atoms with Gasteiger partial charge in [0.15, 0.2) is 0 Å². The summed E-state index contributed by atoms with van der Waals surface area (Å²) in [4.78, 5) is 1.15. The fraction of sp³-hybridized carbons (Fsp3) is 0.125. The monoisotopic (exact) mass is 183 g/mol. The molecule has 2 aromatic rings. The molecule has 0 bridgehead atoms. The molecule has 0 saturated heterocycles. The summed E-state index contributed by atoms with van der Waals surface area (Å²) in [6.07, 6.45) is 0. The molecule has 0 unspecified atom stereocenters. The van der Waals surface area contributed by atoms with Gasteiger partial charge < -0.3 is 0 Å². The molecular formula is C8H6ClNS. The summed E-state index contributed by atoms with van der Waals surface area (Å²) < 4.78 is 4.25. The second kappa shape index (κ2) is 2.80. The van der Waals surface area contributed by atoms with Gasteiger partial charge in [-0.1, -0.05) is 18.2 Å². The van der Waals surface area contributed by atoms with Gasteiger partial charge in [-0.15, -0.1) is 11.6 Å². The summed E-state index contributed by atoms with van der Waals surface area (Å²) in [5, 5.41) is 1.19. The summed E-state index contributed by atoms with van der Waals surface area (Å²) >= 11 is 7.20. The standard InChI is InChI=1S/C8H6ClNS/c9-5-8-6-3-1-2-4-7(6)10-11-8/h1-4H,5H2. The third-order valence-electron chi connectivity index (χ3n) is 1.58. The van der Waals surface area contributed by atoms with Crippen molar-refractivity contribution in [3.05, 3.63) is 29.1 Å². The molecule has 0 aliphatic heterocycles. The van der Waals surface area contributed by atoms with Crippen LogP contribution < -0.4 is 0 Å². The zero-order valence-electron chi connectivity index (χ0n) is 5.75. The van der Waals surface area contributed by atoms with Gasteiger partial charge in [0.05, 0.1) is 11.4 Å². The number of alkyl halides is 1. The Bertz CT molecular complexity index is 369. The summed E-state index contributed by atoms with van der Waals surface area (Å²) in [6, 6.07) is 8.05. The molecule has 0 atom stereocenters. The van der Waals surface area contributed by atoms with E-state index in [0.29, 0.717) is 5.88 Å². The highest BCUT2D eigenvalue weighted by Crippen LogP contribution is 2.22. The van der Waals surface area contributed by atoms with Crippen molar-refractivity contribution in [3.8, 4) is 0 Å². The van der Waals surface area contributed by atoms with Crippen LogP contribution in [0.15, 0.2) is 24.3 Å². The van der Waals surface area contributed by atoms with Crippen molar-refractivity contribution in [3.63, 3.8) is 0 Å². The van der Waals surface area contributed by atoms with Crippen molar-refractivity contribution in [1.82, 2.24) is 4.37 Å². The van der Waals surface area contributed by atoms with E-state index in [1.807, 2.05) is 18.2 Å². The third-order valence-corrected chi connectivity index (χ3v) is 2.88. The van der Waals surface area contributed by atoms with Crippen molar-refractivity contribution in [1.29, 1.82) is 0 Å². The lowest BCUT2D eigenvalue weighted by Gasteiger charge is -1.87. The molecular weight excluding hydrogens is 178 g/mol. The molecule has 56 valence electrons.